The fourth-order valence-electron chi connectivity index (χ4n) is 2.66. The molecule has 1 atom stereocenters. The monoisotopic (exact) mass is 262 g/mol. The molecule has 2 rings (SSSR count). The lowest BCUT2D eigenvalue weighted by atomic mass is 10.1. The van der Waals surface area contributed by atoms with E-state index in [1.807, 2.05) is 6.07 Å². The normalized spacial score (nSPS) is 20.8. The number of hydrogen-bond donors (Lipinski definition) is 1. The zero-order chi connectivity index (χ0) is 13.7. The van der Waals surface area contributed by atoms with Crippen LogP contribution < -0.4 is 0 Å². The smallest absolute Gasteiger partial charge is 0.124 e. The van der Waals surface area contributed by atoms with Crippen molar-refractivity contribution in [2.24, 2.45) is 0 Å². The first-order valence-electron chi connectivity index (χ1n) is 6.78. The average molecular weight is 262 g/mol. The van der Waals surface area contributed by atoms with Crippen LogP contribution in [0.5, 0.6) is 0 Å². The van der Waals surface area contributed by atoms with Crippen LogP contribution in [0.15, 0.2) is 18.2 Å². The molecule has 0 spiro atoms. The van der Waals surface area contributed by atoms with Gasteiger partial charge in [0.05, 0.1) is 18.2 Å². The molecule has 3 nitrogen and oxygen atoms in total. The summed E-state index contributed by atoms with van der Waals surface area (Å²) >= 11 is 0. The summed E-state index contributed by atoms with van der Waals surface area (Å²) < 4.78 is 13.1. The third-order valence-electron chi connectivity index (χ3n) is 3.78. The molecule has 1 saturated heterocycles. The second-order valence-electron chi connectivity index (χ2n) is 5.07. The molecule has 4 heteroatoms. The highest BCUT2D eigenvalue weighted by atomic mass is 19.1. The first kappa shape index (κ1) is 14.0. The van der Waals surface area contributed by atoms with Gasteiger partial charge >= 0.3 is 0 Å². The van der Waals surface area contributed by atoms with Crippen molar-refractivity contribution < 1.29 is 9.50 Å². The Balaban J connectivity index is 2.16. The van der Waals surface area contributed by atoms with Crippen LogP contribution in [0, 0.1) is 17.1 Å². The minimum atomic E-state index is -0.380. The van der Waals surface area contributed by atoms with Gasteiger partial charge in [-0.1, -0.05) is 18.9 Å². The molecule has 102 valence electrons. The van der Waals surface area contributed by atoms with E-state index < -0.39 is 0 Å². The van der Waals surface area contributed by atoms with Crippen molar-refractivity contribution >= 4 is 0 Å². The largest absolute Gasteiger partial charge is 0.395 e. The maximum absolute atomic E-state index is 13.1. The van der Waals surface area contributed by atoms with Crippen molar-refractivity contribution in [1.29, 1.82) is 5.26 Å². The molecule has 1 aliphatic rings. The summed E-state index contributed by atoms with van der Waals surface area (Å²) in [5, 5.41) is 18.5. The van der Waals surface area contributed by atoms with Crippen LogP contribution in [-0.2, 0) is 6.54 Å². The topological polar surface area (TPSA) is 47.3 Å². The van der Waals surface area contributed by atoms with E-state index in [2.05, 4.69) is 4.90 Å². The van der Waals surface area contributed by atoms with Gasteiger partial charge in [-0.15, -0.1) is 0 Å². The number of aliphatic hydroxyl groups is 1. The van der Waals surface area contributed by atoms with E-state index in [-0.39, 0.29) is 18.5 Å². The molecule has 1 aromatic carbocycles. The number of likely N-dealkylation sites (tertiary alicyclic amines) is 1. The van der Waals surface area contributed by atoms with Crippen LogP contribution in [-0.4, -0.2) is 29.2 Å². The standard InChI is InChI=1S/C15H19FN2O/c16-14-6-5-12(13(8-14)9-17)10-18-7-3-1-2-4-15(18)11-19/h5-6,8,15,19H,1-4,7,10-11H2. The molecule has 1 unspecified atom stereocenters. The predicted molar refractivity (Wildman–Crippen MR) is 70.9 cm³/mol. The Hall–Kier alpha value is -1.44. The number of nitriles is 1. The second-order valence-corrected chi connectivity index (χ2v) is 5.07. The second kappa shape index (κ2) is 6.65. The Labute approximate surface area is 113 Å². The van der Waals surface area contributed by atoms with Gasteiger partial charge in [0.2, 0.25) is 0 Å². The van der Waals surface area contributed by atoms with Gasteiger partial charge in [0.25, 0.3) is 0 Å². The lowest BCUT2D eigenvalue weighted by Crippen LogP contribution is -2.37. The summed E-state index contributed by atoms with van der Waals surface area (Å²) in [6, 6.07) is 6.54. The molecular formula is C15H19FN2O. The van der Waals surface area contributed by atoms with Gasteiger partial charge in [-0.05, 0) is 37.1 Å². The molecule has 1 heterocycles. The summed E-state index contributed by atoms with van der Waals surface area (Å²) in [6.45, 7) is 1.67. The van der Waals surface area contributed by atoms with Gasteiger partial charge in [0, 0.05) is 12.6 Å². The molecule has 1 N–H and O–H groups in total. The maximum atomic E-state index is 13.1. The SMILES string of the molecule is N#Cc1cc(F)ccc1CN1CCCCCC1CO. The van der Waals surface area contributed by atoms with Crippen molar-refractivity contribution in [2.45, 2.75) is 38.3 Å². The van der Waals surface area contributed by atoms with Crippen molar-refractivity contribution in [1.82, 2.24) is 4.90 Å². The fraction of sp³-hybridized carbons (Fsp3) is 0.533. The van der Waals surface area contributed by atoms with E-state index >= 15 is 0 Å². The molecule has 0 bridgehead atoms. The van der Waals surface area contributed by atoms with Crippen LogP contribution >= 0.6 is 0 Å². The Morgan fingerprint density at radius 2 is 2.21 bits per heavy atom. The zero-order valence-electron chi connectivity index (χ0n) is 11.0. The van der Waals surface area contributed by atoms with Crippen LogP contribution in [0.25, 0.3) is 0 Å². The number of hydrogen-bond acceptors (Lipinski definition) is 3. The molecule has 1 fully saturated rings. The summed E-state index contributed by atoms with van der Waals surface area (Å²) in [6.07, 6.45) is 4.41. The Morgan fingerprint density at radius 3 is 2.95 bits per heavy atom. The summed E-state index contributed by atoms with van der Waals surface area (Å²) in [4.78, 5) is 2.21. The van der Waals surface area contributed by atoms with E-state index in [9.17, 15) is 9.50 Å². The first-order valence-corrected chi connectivity index (χ1v) is 6.78. The van der Waals surface area contributed by atoms with E-state index in [0.717, 1.165) is 31.4 Å². The molecule has 1 aromatic rings. The van der Waals surface area contributed by atoms with Crippen molar-refractivity contribution in [2.75, 3.05) is 13.2 Å². The zero-order valence-corrected chi connectivity index (χ0v) is 11.0. The number of benzene rings is 1. The van der Waals surface area contributed by atoms with Gasteiger partial charge < -0.3 is 5.11 Å². The van der Waals surface area contributed by atoms with Crippen LogP contribution in [0.1, 0.15) is 36.8 Å². The highest BCUT2D eigenvalue weighted by Gasteiger charge is 2.21. The molecular weight excluding hydrogens is 243 g/mol. The Kier molecular flexibility index (Phi) is 4.89. The number of halogens is 1. The van der Waals surface area contributed by atoms with E-state index in [1.54, 1.807) is 6.07 Å². The fourth-order valence-corrected chi connectivity index (χ4v) is 2.66. The molecule has 0 aliphatic carbocycles. The van der Waals surface area contributed by atoms with E-state index in [1.165, 1.54) is 18.6 Å². The van der Waals surface area contributed by atoms with E-state index in [0.29, 0.717) is 12.1 Å². The summed E-state index contributed by atoms with van der Waals surface area (Å²) in [5.41, 5.74) is 1.23. The van der Waals surface area contributed by atoms with Gasteiger partial charge in [0.1, 0.15) is 5.82 Å². The van der Waals surface area contributed by atoms with E-state index in [4.69, 9.17) is 5.26 Å². The number of rotatable bonds is 3. The first-order chi connectivity index (χ1) is 9.24. The third kappa shape index (κ3) is 3.52. The molecule has 0 aromatic heterocycles. The Morgan fingerprint density at radius 1 is 1.37 bits per heavy atom. The molecule has 0 radical (unpaired) electrons. The highest BCUT2D eigenvalue weighted by molar-refractivity contribution is 5.37. The minimum Gasteiger partial charge on any atom is -0.395 e. The number of nitrogens with zero attached hydrogens (tertiary/aromatic N) is 2. The maximum Gasteiger partial charge on any atom is 0.124 e. The van der Waals surface area contributed by atoms with Gasteiger partial charge in [-0.25, -0.2) is 4.39 Å². The van der Waals surface area contributed by atoms with Crippen LogP contribution in [0.3, 0.4) is 0 Å². The Bertz CT molecular complexity index is 470. The van der Waals surface area contributed by atoms with Crippen molar-refractivity contribution in [3.05, 3.63) is 35.1 Å². The lowest BCUT2D eigenvalue weighted by Gasteiger charge is -2.28. The molecule has 1 aliphatic heterocycles. The molecule has 0 saturated carbocycles. The minimum absolute atomic E-state index is 0.142. The molecule has 19 heavy (non-hydrogen) atoms. The van der Waals surface area contributed by atoms with Crippen LogP contribution in [0.2, 0.25) is 0 Å². The third-order valence-corrected chi connectivity index (χ3v) is 3.78. The number of aliphatic hydroxyl groups excluding tert-OH is 1. The van der Waals surface area contributed by atoms with Gasteiger partial charge in [0.15, 0.2) is 0 Å². The lowest BCUT2D eigenvalue weighted by molar-refractivity contribution is 0.118. The van der Waals surface area contributed by atoms with Gasteiger partial charge in [-0.2, -0.15) is 5.26 Å². The van der Waals surface area contributed by atoms with Crippen molar-refractivity contribution in [3.63, 3.8) is 0 Å². The average Bonchev–Trinajstić information content (AvgIpc) is 2.65. The quantitative estimate of drug-likeness (QED) is 0.910. The van der Waals surface area contributed by atoms with Crippen LogP contribution in [0.4, 0.5) is 4.39 Å². The van der Waals surface area contributed by atoms with Crippen molar-refractivity contribution in [3.8, 4) is 6.07 Å². The summed E-state index contributed by atoms with van der Waals surface area (Å²) in [7, 11) is 0. The highest BCUT2D eigenvalue weighted by Crippen LogP contribution is 2.20. The summed E-state index contributed by atoms with van der Waals surface area (Å²) in [5.74, 6) is -0.380. The predicted octanol–water partition coefficient (Wildman–Crippen LogP) is 2.43. The van der Waals surface area contributed by atoms with Gasteiger partial charge in [-0.3, -0.25) is 4.90 Å². The molecule has 0 amide bonds.